The average molecular weight is 345 g/mol. The molecule has 0 saturated heterocycles. The van der Waals surface area contributed by atoms with Crippen LogP contribution in [0.5, 0.6) is 0 Å². The number of benzene rings is 2. The van der Waals surface area contributed by atoms with Crippen molar-refractivity contribution in [3.63, 3.8) is 0 Å². The number of aryl methyl sites for hydroxylation is 2. The summed E-state index contributed by atoms with van der Waals surface area (Å²) in [4.78, 5) is 26.1. The SMILES string of the molecule is CCc1cccc(C)c1N(CC(=O)Nc1ccccc1Cl)C(C)=O. The maximum Gasteiger partial charge on any atom is 0.244 e. The lowest BCUT2D eigenvalue weighted by atomic mass is 10.0. The molecule has 4 nitrogen and oxygen atoms in total. The molecule has 2 aromatic rings. The second kappa shape index (κ2) is 7.97. The van der Waals surface area contributed by atoms with E-state index in [1.807, 2.05) is 32.0 Å². The number of amides is 2. The molecule has 0 aliphatic heterocycles. The highest BCUT2D eigenvalue weighted by Crippen LogP contribution is 2.26. The highest BCUT2D eigenvalue weighted by atomic mass is 35.5. The molecule has 0 heterocycles. The van der Waals surface area contributed by atoms with Crippen LogP contribution in [0.15, 0.2) is 42.5 Å². The van der Waals surface area contributed by atoms with Gasteiger partial charge in [0.05, 0.1) is 16.4 Å². The number of carbonyl (C=O) groups is 2. The number of anilines is 2. The topological polar surface area (TPSA) is 49.4 Å². The summed E-state index contributed by atoms with van der Waals surface area (Å²) in [6.07, 6.45) is 0.785. The number of para-hydroxylation sites is 2. The van der Waals surface area contributed by atoms with Gasteiger partial charge < -0.3 is 10.2 Å². The Kier molecular flexibility index (Phi) is 5.99. The Bertz CT molecular complexity index is 759. The van der Waals surface area contributed by atoms with Crippen LogP contribution in [0.2, 0.25) is 5.02 Å². The molecule has 2 aromatic carbocycles. The fraction of sp³-hybridized carbons (Fsp3) is 0.263. The smallest absolute Gasteiger partial charge is 0.244 e. The molecule has 0 aliphatic rings. The lowest BCUT2D eigenvalue weighted by Crippen LogP contribution is -2.37. The predicted molar refractivity (Wildman–Crippen MR) is 98.7 cm³/mol. The quantitative estimate of drug-likeness (QED) is 0.883. The van der Waals surface area contributed by atoms with Gasteiger partial charge in [0.1, 0.15) is 6.54 Å². The van der Waals surface area contributed by atoms with Crippen LogP contribution in [0.3, 0.4) is 0 Å². The standard InChI is InChI=1S/C19H21ClN2O2/c1-4-15-9-7-8-13(2)19(15)22(14(3)23)12-18(24)21-17-11-6-5-10-16(17)20/h5-11H,4,12H2,1-3H3,(H,21,24). The summed E-state index contributed by atoms with van der Waals surface area (Å²) in [5, 5.41) is 3.22. The van der Waals surface area contributed by atoms with Crippen LogP contribution >= 0.6 is 11.6 Å². The molecule has 0 bridgehead atoms. The van der Waals surface area contributed by atoms with E-state index in [1.165, 1.54) is 11.8 Å². The first-order valence-electron chi connectivity index (χ1n) is 7.85. The molecule has 126 valence electrons. The Hall–Kier alpha value is -2.33. The number of rotatable bonds is 5. The van der Waals surface area contributed by atoms with Gasteiger partial charge in [-0.05, 0) is 36.6 Å². The summed E-state index contributed by atoms with van der Waals surface area (Å²) in [6.45, 7) is 5.38. The van der Waals surface area contributed by atoms with E-state index in [2.05, 4.69) is 5.32 Å². The average Bonchev–Trinajstić information content (AvgIpc) is 2.54. The molecular weight excluding hydrogens is 324 g/mol. The van der Waals surface area contributed by atoms with Crippen LogP contribution < -0.4 is 10.2 Å². The van der Waals surface area contributed by atoms with Gasteiger partial charge in [-0.15, -0.1) is 0 Å². The fourth-order valence-electron chi connectivity index (χ4n) is 2.64. The molecule has 24 heavy (non-hydrogen) atoms. The van der Waals surface area contributed by atoms with Crippen LogP contribution in [-0.4, -0.2) is 18.4 Å². The van der Waals surface area contributed by atoms with Crippen LogP contribution in [0.1, 0.15) is 25.0 Å². The van der Waals surface area contributed by atoms with Crippen molar-refractivity contribution in [2.24, 2.45) is 0 Å². The summed E-state index contributed by atoms with van der Waals surface area (Å²) >= 11 is 6.06. The third-order valence-electron chi connectivity index (χ3n) is 3.80. The Morgan fingerprint density at radius 1 is 1.12 bits per heavy atom. The van der Waals surface area contributed by atoms with Crippen molar-refractivity contribution in [1.29, 1.82) is 0 Å². The molecule has 0 spiro atoms. The summed E-state index contributed by atoms with van der Waals surface area (Å²) in [7, 11) is 0. The second-order valence-corrected chi connectivity index (χ2v) is 5.98. The van der Waals surface area contributed by atoms with E-state index in [4.69, 9.17) is 11.6 Å². The number of carbonyl (C=O) groups excluding carboxylic acids is 2. The van der Waals surface area contributed by atoms with E-state index in [-0.39, 0.29) is 18.4 Å². The first kappa shape index (κ1) is 18.0. The van der Waals surface area contributed by atoms with Gasteiger partial charge in [-0.25, -0.2) is 0 Å². The van der Waals surface area contributed by atoms with E-state index in [1.54, 1.807) is 24.3 Å². The molecule has 0 aromatic heterocycles. The van der Waals surface area contributed by atoms with Crippen LogP contribution in [0.25, 0.3) is 0 Å². The van der Waals surface area contributed by atoms with Gasteiger partial charge in [-0.2, -0.15) is 0 Å². The maximum atomic E-state index is 12.4. The van der Waals surface area contributed by atoms with E-state index >= 15 is 0 Å². The van der Waals surface area contributed by atoms with Crippen LogP contribution in [-0.2, 0) is 16.0 Å². The molecule has 2 rings (SSSR count). The molecule has 0 radical (unpaired) electrons. The predicted octanol–water partition coefficient (Wildman–Crippen LogP) is 4.20. The molecule has 0 atom stereocenters. The van der Waals surface area contributed by atoms with Gasteiger partial charge in [-0.1, -0.05) is 48.9 Å². The van der Waals surface area contributed by atoms with Crippen molar-refractivity contribution in [3.8, 4) is 0 Å². The minimum absolute atomic E-state index is 0.0571. The molecule has 0 unspecified atom stereocenters. The fourth-order valence-corrected chi connectivity index (χ4v) is 2.82. The summed E-state index contributed by atoms with van der Waals surface area (Å²) < 4.78 is 0. The van der Waals surface area contributed by atoms with Crippen molar-refractivity contribution >= 4 is 34.8 Å². The van der Waals surface area contributed by atoms with Crippen molar-refractivity contribution in [1.82, 2.24) is 0 Å². The Morgan fingerprint density at radius 2 is 1.83 bits per heavy atom. The zero-order valence-corrected chi connectivity index (χ0v) is 14.9. The number of halogens is 1. The number of nitrogens with zero attached hydrogens (tertiary/aromatic N) is 1. The zero-order chi connectivity index (χ0) is 17.7. The lowest BCUT2D eigenvalue weighted by molar-refractivity contribution is -0.120. The van der Waals surface area contributed by atoms with Crippen LogP contribution in [0.4, 0.5) is 11.4 Å². The number of hydrogen-bond donors (Lipinski definition) is 1. The Morgan fingerprint density at radius 3 is 2.46 bits per heavy atom. The number of hydrogen-bond acceptors (Lipinski definition) is 2. The van der Waals surface area contributed by atoms with Crippen molar-refractivity contribution < 1.29 is 9.59 Å². The Balaban J connectivity index is 2.25. The Labute approximate surface area is 147 Å². The number of nitrogens with one attached hydrogen (secondary N) is 1. The van der Waals surface area contributed by atoms with Crippen molar-refractivity contribution in [2.45, 2.75) is 27.2 Å². The second-order valence-electron chi connectivity index (χ2n) is 5.57. The van der Waals surface area contributed by atoms with Crippen LogP contribution in [0, 0.1) is 6.92 Å². The largest absolute Gasteiger partial charge is 0.323 e. The highest BCUT2D eigenvalue weighted by Gasteiger charge is 2.20. The third kappa shape index (κ3) is 4.15. The van der Waals surface area contributed by atoms with E-state index in [0.717, 1.165) is 23.2 Å². The van der Waals surface area contributed by atoms with Gasteiger partial charge in [0.25, 0.3) is 0 Å². The minimum Gasteiger partial charge on any atom is -0.323 e. The zero-order valence-electron chi connectivity index (χ0n) is 14.1. The van der Waals surface area contributed by atoms with Gasteiger partial charge in [0, 0.05) is 6.92 Å². The summed E-state index contributed by atoms with van der Waals surface area (Å²) in [5.41, 5.74) is 3.35. The first-order chi connectivity index (χ1) is 11.4. The summed E-state index contributed by atoms with van der Waals surface area (Å²) in [6, 6.07) is 12.9. The monoisotopic (exact) mass is 344 g/mol. The summed E-state index contributed by atoms with van der Waals surface area (Å²) in [5.74, 6) is -0.461. The maximum absolute atomic E-state index is 12.4. The van der Waals surface area contributed by atoms with E-state index in [9.17, 15) is 9.59 Å². The first-order valence-corrected chi connectivity index (χ1v) is 8.22. The third-order valence-corrected chi connectivity index (χ3v) is 4.13. The van der Waals surface area contributed by atoms with E-state index in [0.29, 0.717) is 10.7 Å². The van der Waals surface area contributed by atoms with Crippen molar-refractivity contribution in [2.75, 3.05) is 16.8 Å². The van der Waals surface area contributed by atoms with Gasteiger partial charge in [0.2, 0.25) is 11.8 Å². The van der Waals surface area contributed by atoms with Crippen molar-refractivity contribution in [3.05, 3.63) is 58.6 Å². The normalized spacial score (nSPS) is 10.3. The van der Waals surface area contributed by atoms with Gasteiger partial charge in [-0.3, -0.25) is 9.59 Å². The van der Waals surface area contributed by atoms with Gasteiger partial charge in [0.15, 0.2) is 0 Å². The molecule has 0 aliphatic carbocycles. The molecule has 1 N–H and O–H groups in total. The molecule has 0 saturated carbocycles. The molecule has 0 fully saturated rings. The molecular formula is C19H21ClN2O2. The lowest BCUT2D eigenvalue weighted by Gasteiger charge is -2.25. The minimum atomic E-state index is -0.288. The molecule has 2 amide bonds. The highest BCUT2D eigenvalue weighted by molar-refractivity contribution is 6.33. The van der Waals surface area contributed by atoms with E-state index < -0.39 is 0 Å². The van der Waals surface area contributed by atoms with Gasteiger partial charge >= 0.3 is 0 Å². The molecule has 5 heteroatoms.